The smallest absolute Gasteiger partial charge is 0.460 e. The van der Waals surface area contributed by atoms with Crippen LogP contribution in [-0.4, -0.2) is 42.9 Å². The molecule has 2 aromatic carbocycles. The first kappa shape index (κ1) is 32.8. The zero-order valence-electron chi connectivity index (χ0n) is 21.1. The molecule has 0 heterocycles. The Morgan fingerprint density at radius 2 is 1.23 bits per heavy atom. The van der Waals surface area contributed by atoms with Gasteiger partial charge in [-0.25, -0.2) is 14.0 Å². The molecule has 0 aliphatic rings. The number of alkyl halides is 8. The van der Waals surface area contributed by atoms with Crippen LogP contribution in [0, 0.1) is 0 Å². The maximum Gasteiger partial charge on any atom is 0.460 e. The molecule has 0 N–H and O–H groups in total. The molecule has 0 radical (unpaired) electrons. The lowest BCUT2D eigenvalue weighted by Gasteiger charge is -2.29. The SMILES string of the molecule is CCCCCCCCOc1ccc(C(=O)Oc2ccc(C(=O)OOC(F)C(F)(F)C(F)(F)C(F)(F)F)cc2)cc1. The first-order valence-electron chi connectivity index (χ1n) is 12.1. The van der Waals surface area contributed by atoms with Crippen LogP contribution >= 0.6 is 0 Å². The topological polar surface area (TPSA) is 71.1 Å². The Bertz CT molecular complexity index is 1090. The van der Waals surface area contributed by atoms with Gasteiger partial charge in [0.25, 0.3) is 0 Å². The lowest BCUT2D eigenvalue weighted by atomic mass is 10.1. The minimum Gasteiger partial charge on any atom is -0.494 e. The van der Waals surface area contributed by atoms with E-state index in [0.29, 0.717) is 12.4 Å². The summed E-state index contributed by atoms with van der Waals surface area (Å²) in [5, 5.41) is 0. The van der Waals surface area contributed by atoms with Crippen molar-refractivity contribution in [3.63, 3.8) is 0 Å². The van der Waals surface area contributed by atoms with Crippen molar-refractivity contribution < 1.29 is 64.0 Å². The number of esters is 1. The molecule has 14 heteroatoms. The van der Waals surface area contributed by atoms with Gasteiger partial charge in [0, 0.05) is 0 Å². The third-order valence-electron chi connectivity index (χ3n) is 5.43. The van der Waals surface area contributed by atoms with E-state index in [1.165, 1.54) is 31.4 Å². The fraction of sp³-hybridized carbons (Fsp3) is 0.462. The van der Waals surface area contributed by atoms with Gasteiger partial charge in [-0.05, 0) is 55.0 Å². The van der Waals surface area contributed by atoms with E-state index in [1.807, 2.05) is 0 Å². The molecule has 0 spiro atoms. The summed E-state index contributed by atoms with van der Waals surface area (Å²) in [6, 6.07) is 10.0. The third-order valence-corrected chi connectivity index (χ3v) is 5.43. The Labute approximate surface area is 224 Å². The summed E-state index contributed by atoms with van der Waals surface area (Å²) in [5.41, 5.74) is -0.362. The van der Waals surface area contributed by atoms with Crippen LogP contribution < -0.4 is 9.47 Å². The minimum absolute atomic E-state index is 0.0920. The van der Waals surface area contributed by atoms with Crippen molar-refractivity contribution in [1.29, 1.82) is 0 Å². The van der Waals surface area contributed by atoms with Gasteiger partial charge < -0.3 is 9.47 Å². The molecule has 2 aromatic rings. The van der Waals surface area contributed by atoms with Crippen LogP contribution in [0.4, 0.5) is 35.1 Å². The molecule has 0 saturated heterocycles. The summed E-state index contributed by atoms with van der Waals surface area (Å²) in [5.74, 6) is -15.2. The molecule has 6 nitrogen and oxygen atoms in total. The van der Waals surface area contributed by atoms with Gasteiger partial charge in [0.1, 0.15) is 11.5 Å². The highest BCUT2D eigenvalue weighted by Crippen LogP contribution is 2.49. The second-order valence-electron chi connectivity index (χ2n) is 8.53. The van der Waals surface area contributed by atoms with Crippen molar-refractivity contribution in [3.05, 3.63) is 59.7 Å². The predicted molar refractivity (Wildman–Crippen MR) is 124 cm³/mol. The largest absolute Gasteiger partial charge is 0.494 e. The van der Waals surface area contributed by atoms with Crippen molar-refractivity contribution in [1.82, 2.24) is 0 Å². The summed E-state index contributed by atoms with van der Waals surface area (Å²) in [4.78, 5) is 30.9. The molecule has 0 fully saturated rings. The molecule has 1 unspecified atom stereocenters. The lowest BCUT2D eigenvalue weighted by molar-refractivity contribution is -0.425. The van der Waals surface area contributed by atoms with Crippen LogP contribution in [0.15, 0.2) is 48.5 Å². The van der Waals surface area contributed by atoms with E-state index in [-0.39, 0.29) is 11.3 Å². The Morgan fingerprint density at radius 1 is 0.725 bits per heavy atom. The van der Waals surface area contributed by atoms with Crippen molar-refractivity contribution in [2.24, 2.45) is 0 Å². The number of halogens is 8. The molecular formula is C26H26F8O6. The predicted octanol–water partition coefficient (Wildman–Crippen LogP) is 7.86. The Balaban J connectivity index is 1.84. The number of hydrogen-bond donors (Lipinski definition) is 0. The van der Waals surface area contributed by atoms with E-state index >= 15 is 0 Å². The van der Waals surface area contributed by atoms with Crippen molar-refractivity contribution in [2.75, 3.05) is 6.61 Å². The lowest BCUT2D eigenvalue weighted by Crippen LogP contribution is -2.57. The molecule has 2 rings (SSSR count). The molecule has 40 heavy (non-hydrogen) atoms. The fourth-order valence-corrected chi connectivity index (χ4v) is 3.11. The normalized spacial score (nSPS) is 13.0. The number of unbranched alkanes of at least 4 members (excludes halogenated alkanes) is 5. The number of benzene rings is 2. The van der Waals surface area contributed by atoms with E-state index in [4.69, 9.17) is 9.47 Å². The second kappa shape index (κ2) is 14.3. The van der Waals surface area contributed by atoms with Gasteiger partial charge in [-0.15, -0.1) is 4.89 Å². The van der Waals surface area contributed by atoms with E-state index in [9.17, 15) is 44.7 Å². The quantitative estimate of drug-likeness (QED) is 0.0529. The molecule has 0 aromatic heterocycles. The van der Waals surface area contributed by atoms with Crippen LogP contribution in [0.5, 0.6) is 11.5 Å². The number of carbonyl (C=O) groups excluding carboxylic acids is 2. The summed E-state index contributed by atoms with van der Waals surface area (Å²) in [7, 11) is 0. The minimum atomic E-state index is -6.81. The monoisotopic (exact) mass is 586 g/mol. The van der Waals surface area contributed by atoms with Crippen molar-refractivity contribution >= 4 is 11.9 Å². The molecular weight excluding hydrogens is 560 g/mol. The Morgan fingerprint density at radius 3 is 1.77 bits per heavy atom. The Hall–Kier alpha value is -3.42. The average Bonchev–Trinajstić information content (AvgIpc) is 2.91. The average molecular weight is 586 g/mol. The summed E-state index contributed by atoms with van der Waals surface area (Å²) in [6.45, 7) is 2.67. The molecule has 0 amide bonds. The van der Waals surface area contributed by atoms with Gasteiger partial charge in [-0.2, -0.15) is 30.7 Å². The zero-order valence-corrected chi connectivity index (χ0v) is 21.1. The van der Waals surface area contributed by atoms with E-state index in [2.05, 4.69) is 16.7 Å². The van der Waals surface area contributed by atoms with E-state index in [0.717, 1.165) is 43.5 Å². The highest BCUT2D eigenvalue weighted by molar-refractivity contribution is 5.92. The van der Waals surface area contributed by atoms with Gasteiger partial charge in [0.15, 0.2) is 0 Å². The van der Waals surface area contributed by atoms with Crippen molar-refractivity contribution in [2.45, 2.75) is 69.8 Å². The molecule has 0 bridgehead atoms. The molecule has 0 saturated carbocycles. The van der Waals surface area contributed by atoms with E-state index < -0.39 is 41.9 Å². The number of hydrogen-bond acceptors (Lipinski definition) is 6. The first-order chi connectivity index (χ1) is 18.7. The number of carbonyl (C=O) groups is 2. The van der Waals surface area contributed by atoms with Crippen molar-refractivity contribution in [3.8, 4) is 11.5 Å². The van der Waals surface area contributed by atoms with Crippen LogP contribution in [0.2, 0.25) is 0 Å². The van der Waals surface area contributed by atoms with Crippen LogP contribution in [-0.2, 0) is 9.78 Å². The van der Waals surface area contributed by atoms with Gasteiger partial charge >= 0.3 is 36.3 Å². The molecule has 222 valence electrons. The van der Waals surface area contributed by atoms with Crippen LogP contribution in [0.1, 0.15) is 66.2 Å². The van der Waals surface area contributed by atoms with E-state index in [1.54, 1.807) is 12.1 Å². The molecule has 1 atom stereocenters. The summed E-state index contributed by atoms with van der Waals surface area (Å²) >= 11 is 0. The zero-order chi connectivity index (χ0) is 30.0. The Kier molecular flexibility index (Phi) is 11.7. The maximum absolute atomic E-state index is 13.3. The van der Waals surface area contributed by atoms with Crippen LogP contribution in [0.3, 0.4) is 0 Å². The highest BCUT2D eigenvalue weighted by atomic mass is 19.4. The van der Waals surface area contributed by atoms with Gasteiger partial charge in [-0.1, -0.05) is 39.0 Å². The van der Waals surface area contributed by atoms with Crippen LogP contribution in [0.25, 0.3) is 0 Å². The first-order valence-corrected chi connectivity index (χ1v) is 12.1. The number of ether oxygens (including phenoxy) is 2. The maximum atomic E-state index is 13.3. The second-order valence-corrected chi connectivity index (χ2v) is 8.53. The standard InChI is InChI=1S/C26H26F8O6/c1-2-3-4-5-6-7-16-37-19-12-8-17(9-13-19)21(35)38-20-14-10-18(11-15-20)22(36)39-40-23(27)24(28,29)25(30,31)26(32,33)34/h8-15,23H,2-7,16H2,1H3. The number of rotatable bonds is 15. The third kappa shape index (κ3) is 8.80. The fourth-order valence-electron chi connectivity index (χ4n) is 3.11. The van der Waals surface area contributed by atoms with Gasteiger partial charge in [0.05, 0.1) is 17.7 Å². The van der Waals surface area contributed by atoms with Gasteiger partial charge in [-0.3, -0.25) is 4.89 Å². The molecule has 0 aliphatic carbocycles. The highest BCUT2D eigenvalue weighted by Gasteiger charge is 2.77. The van der Waals surface area contributed by atoms with Gasteiger partial charge in [0.2, 0.25) is 0 Å². The molecule has 0 aliphatic heterocycles. The summed E-state index contributed by atoms with van der Waals surface area (Å²) in [6.07, 6.45) is -4.78. The summed E-state index contributed by atoms with van der Waals surface area (Å²) < 4.78 is 112.